The Morgan fingerprint density at radius 1 is 1.14 bits per heavy atom. The monoisotopic (exact) mass is 395 g/mol. The molecular formula is C22H29N5O2. The average Bonchev–Trinajstić information content (AvgIpc) is 2.76. The standard InChI is InChI=1S/C22H29N5O2/c28-22(26-17-6-2-1-3-7-17)16-27-12-13-29-20(15-27)19-10-9-18(14-24-19)25-21-8-4-5-11-23-21/h4-5,8-11,14,17,20H,1-3,6-7,12-13,15-16H2,(H,23,25)(H,26,28)/t20-/m0/s1. The summed E-state index contributed by atoms with van der Waals surface area (Å²) in [6.45, 7) is 2.48. The molecule has 0 radical (unpaired) electrons. The summed E-state index contributed by atoms with van der Waals surface area (Å²) in [6, 6.07) is 10.0. The molecule has 1 amide bonds. The lowest BCUT2D eigenvalue weighted by molar-refractivity contribution is -0.125. The van der Waals surface area contributed by atoms with E-state index in [1.165, 1.54) is 19.3 Å². The minimum atomic E-state index is -0.116. The van der Waals surface area contributed by atoms with E-state index in [1.54, 1.807) is 12.4 Å². The van der Waals surface area contributed by atoms with E-state index in [0.29, 0.717) is 25.7 Å². The van der Waals surface area contributed by atoms with E-state index in [1.807, 2.05) is 30.3 Å². The van der Waals surface area contributed by atoms with Gasteiger partial charge in [0.05, 0.1) is 30.7 Å². The minimum absolute atomic E-state index is 0.116. The van der Waals surface area contributed by atoms with E-state index in [9.17, 15) is 4.79 Å². The predicted octanol–water partition coefficient (Wildman–Crippen LogP) is 3.04. The van der Waals surface area contributed by atoms with Crippen LogP contribution in [0.4, 0.5) is 11.5 Å². The Morgan fingerprint density at radius 3 is 2.79 bits per heavy atom. The maximum absolute atomic E-state index is 12.4. The van der Waals surface area contributed by atoms with Crippen molar-refractivity contribution in [3.05, 3.63) is 48.4 Å². The van der Waals surface area contributed by atoms with Gasteiger partial charge in [0.15, 0.2) is 0 Å². The Labute approximate surface area is 171 Å². The van der Waals surface area contributed by atoms with Gasteiger partial charge in [-0.15, -0.1) is 0 Å². The Balaban J connectivity index is 1.29. The highest BCUT2D eigenvalue weighted by Crippen LogP contribution is 2.23. The third-order valence-corrected chi connectivity index (χ3v) is 5.54. The number of nitrogens with zero attached hydrogens (tertiary/aromatic N) is 3. The highest BCUT2D eigenvalue weighted by Gasteiger charge is 2.25. The SMILES string of the molecule is O=C(CN1CCO[C@H](c2ccc(Nc3ccccn3)cn2)C1)NC1CCCCC1. The van der Waals surface area contributed by atoms with Crippen LogP contribution in [-0.4, -0.2) is 53.1 Å². The topological polar surface area (TPSA) is 79.4 Å². The smallest absolute Gasteiger partial charge is 0.234 e. The summed E-state index contributed by atoms with van der Waals surface area (Å²) >= 11 is 0. The van der Waals surface area contributed by atoms with Crippen molar-refractivity contribution in [2.24, 2.45) is 0 Å². The van der Waals surface area contributed by atoms with Crippen molar-refractivity contribution >= 4 is 17.4 Å². The van der Waals surface area contributed by atoms with Gasteiger partial charge < -0.3 is 15.4 Å². The van der Waals surface area contributed by atoms with Crippen LogP contribution in [0.3, 0.4) is 0 Å². The van der Waals surface area contributed by atoms with Crippen LogP contribution < -0.4 is 10.6 Å². The van der Waals surface area contributed by atoms with Gasteiger partial charge in [0, 0.05) is 25.3 Å². The van der Waals surface area contributed by atoms with Crippen molar-refractivity contribution in [1.29, 1.82) is 0 Å². The molecule has 1 atom stereocenters. The zero-order valence-electron chi connectivity index (χ0n) is 16.7. The maximum atomic E-state index is 12.4. The van der Waals surface area contributed by atoms with Gasteiger partial charge in [-0.25, -0.2) is 4.98 Å². The molecule has 1 aliphatic heterocycles. The highest BCUT2D eigenvalue weighted by molar-refractivity contribution is 5.78. The summed E-state index contributed by atoms with van der Waals surface area (Å²) in [5.41, 5.74) is 1.76. The number of rotatable bonds is 6. The molecule has 4 rings (SSSR count). The molecular weight excluding hydrogens is 366 g/mol. The lowest BCUT2D eigenvalue weighted by Crippen LogP contribution is -2.46. The van der Waals surface area contributed by atoms with Gasteiger partial charge in [-0.2, -0.15) is 0 Å². The summed E-state index contributed by atoms with van der Waals surface area (Å²) in [7, 11) is 0. The molecule has 1 saturated carbocycles. The first kappa shape index (κ1) is 19.8. The Hall–Kier alpha value is -2.51. The van der Waals surface area contributed by atoms with Crippen molar-refractivity contribution in [1.82, 2.24) is 20.2 Å². The number of pyridine rings is 2. The van der Waals surface area contributed by atoms with E-state index < -0.39 is 0 Å². The van der Waals surface area contributed by atoms with Gasteiger partial charge in [0.1, 0.15) is 11.9 Å². The molecule has 1 aliphatic carbocycles. The number of aromatic nitrogens is 2. The van der Waals surface area contributed by atoms with Crippen LogP contribution in [0.25, 0.3) is 0 Å². The minimum Gasteiger partial charge on any atom is -0.369 e. The van der Waals surface area contributed by atoms with Crippen molar-refractivity contribution in [2.75, 3.05) is 31.6 Å². The van der Waals surface area contributed by atoms with E-state index in [-0.39, 0.29) is 12.0 Å². The van der Waals surface area contributed by atoms with E-state index in [2.05, 4.69) is 25.5 Å². The molecule has 2 aliphatic rings. The zero-order valence-corrected chi connectivity index (χ0v) is 16.7. The number of nitrogens with one attached hydrogen (secondary N) is 2. The first-order valence-electron chi connectivity index (χ1n) is 10.5. The molecule has 29 heavy (non-hydrogen) atoms. The lowest BCUT2D eigenvalue weighted by Gasteiger charge is -2.32. The fourth-order valence-corrected chi connectivity index (χ4v) is 4.00. The van der Waals surface area contributed by atoms with Crippen LogP contribution in [0.1, 0.15) is 43.9 Å². The molecule has 0 spiro atoms. The first-order valence-corrected chi connectivity index (χ1v) is 10.5. The Bertz CT molecular complexity index is 778. The molecule has 2 aromatic rings. The van der Waals surface area contributed by atoms with Crippen molar-refractivity contribution < 1.29 is 9.53 Å². The summed E-state index contributed by atoms with van der Waals surface area (Å²) in [5.74, 6) is 0.909. The fourth-order valence-electron chi connectivity index (χ4n) is 4.00. The fraction of sp³-hybridized carbons (Fsp3) is 0.500. The molecule has 7 nitrogen and oxygen atoms in total. The molecule has 2 N–H and O–H groups in total. The van der Waals surface area contributed by atoms with E-state index in [4.69, 9.17) is 4.74 Å². The Kier molecular flexibility index (Phi) is 6.69. The van der Waals surface area contributed by atoms with Crippen LogP contribution in [0, 0.1) is 0 Å². The molecule has 0 bridgehead atoms. The Morgan fingerprint density at radius 2 is 2.03 bits per heavy atom. The summed E-state index contributed by atoms with van der Waals surface area (Å²) in [4.78, 5) is 23.4. The second kappa shape index (κ2) is 9.80. The molecule has 2 fully saturated rings. The van der Waals surface area contributed by atoms with Gasteiger partial charge in [0.2, 0.25) is 5.91 Å². The largest absolute Gasteiger partial charge is 0.369 e. The number of morpholine rings is 1. The number of hydrogen-bond acceptors (Lipinski definition) is 6. The van der Waals surface area contributed by atoms with E-state index >= 15 is 0 Å². The number of anilines is 2. The molecule has 0 aromatic carbocycles. The van der Waals surface area contributed by atoms with Crippen LogP contribution in [-0.2, 0) is 9.53 Å². The van der Waals surface area contributed by atoms with Gasteiger partial charge >= 0.3 is 0 Å². The lowest BCUT2D eigenvalue weighted by atomic mass is 9.95. The van der Waals surface area contributed by atoms with Crippen LogP contribution in [0.2, 0.25) is 0 Å². The van der Waals surface area contributed by atoms with Gasteiger partial charge in [0.25, 0.3) is 0 Å². The number of hydrogen-bond donors (Lipinski definition) is 2. The maximum Gasteiger partial charge on any atom is 0.234 e. The number of carbonyl (C=O) groups excluding carboxylic acids is 1. The van der Waals surface area contributed by atoms with Crippen LogP contribution in [0.5, 0.6) is 0 Å². The number of carbonyl (C=O) groups is 1. The number of amides is 1. The van der Waals surface area contributed by atoms with Crippen LogP contribution >= 0.6 is 0 Å². The average molecular weight is 396 g/mol. The van der Waals surface area contributed by atoms with E-state index in [0.717, 1.165) is 36.6 Å². The zero-order chi connectivity index (χ0) is 19.9. The van der Waals surface area contributed by atoms with Gasteiger partial charge in [-0.05, 0) is 37.1 Å². The van der Waals surface area contributed by atoms with Crippen LogP contribution in [0.15, 0.2) is 42.7 Å². The highest BCUT2D eigenvalue weighted by atomic mass is 16.5. The molecule has 7 heteroatoms. The summed E-state index contributed by atoms with van der Waals surface area (Å²) in [5, 5.41) is 6.43. The van der Waals surface area contributed by atoms with Gasteiger partial charge in [-0.3, -0.25) is 14.7 Å². The third kappa shape index (κ3) is 5.74. The van der Waals surface area contributed by atoms with Gasteiger partial charge in [-0.1, -0.05) is 25.3 Å². The second-order valence-corrected chi connectivity index (χ2v) is 7.81. The van der Waals surface area contributed by atoms with Crippen molar-refractivity contribution in [2.45, 2.75) is 44.2 Å². The quantitative estimate of drug-likeness (QED) is 0.783. The predicted molar refractivity (Wildman–Crippen MR) is 112 cm³/mol. The molecule has 0 unspecified atom stereocenters. The number of ether oxygens (including phenoxy) is 1. The van der Waals surface area contributed by atoms with Crippen molar-refractivity contribution in [3.8, 4) is 0 Å². The molecule has 2 aromatic heterocycles. The third-order valence-electron chi connectivity index (χ3n) is 5.54. The molecule has 1 saturated heterocycles. The molecule has 3 heterocycles. The molecule has 154 valence electrons. The summed E-state index contributed by atoms with van der Waals surface area (Å²) < 4.78 is 5.92. The summed E-state index contributed by atoms with van der Waals surface area (Å²) in [6.07, 6.45) is 9.39. The van der Waals surface area contributed by atoms with Crippen molar-refractivity contribution in [3.63, 3.8) is 0 Å². The normalized spacial score (nSPS) is 20.9. The second-order valence-electron chi connectivity index (χ2n) is 7.81. The first-order chi connectivity index (χ1) is 14.3.